The first kappa shape index (κ1) is 16.8. The van der Waals surface area contributed by atoms with E-state index in [1.165, 1.54) is 0 Å². The third kappa shape index (κ3) is 3.78. The van der Waals surface area contributed by atoms with Gasteiger partial charge in [-0.25, -0.2) is 4.98 Å². The van der Waals surface area contributed by atoms with Gasteiger partial charge in [0.25, 0.3) is 0 Å². The number of rotatable bonds is 5. The molecule has 0 bridgehead atoms. The zero-order valence-corrected chi connectivity index (χ0v) is 14.7. The van der Waals surface area contributed by atoms with Crippen LogP contribution in [0.3, 0.4) is 0 Å². The zero-order chi connectivity index (χ0) is 16.3. The first-order valence-electron chi connectivity index (χ1n) is 7.27. The Morgan fingerprint density at radius 3 is 2.50 bits per heavy atom. The first-order valence-corrected chi connectivity index (χ1v) is 8.15. The monoisotopic (exact) mass is 320 g/mol. The fourth-order valence-electron chi connectivity index (χ4n) is 2.18. The molecule has 0 aliphatic rings. The minimum absolute atomic E-state index is 0.0620. The highest BCUT2D eigenvalue weighted by atomic mass is 32.1. The summed E-state index contributed by atoms with van der Waals surface area (Å²) in [5, 5.41) is 3.16. The number of aromatic nitrogens is 1. The molecule has 0 spiro atoms. The standard InChI is InChI=1S/C17H24N2O2S/c1-17(2,3)15-10-22-16(19-15)9-13(18)12-8-11(20-4)6-7-14(12)21-5/h6-8,10,13H,9,18H2,1-5H3. The van der Waals surface area contributed by atoms with Crippen LogP contribution in [0.1, 0.15) is 43.1 Å². The normalized spacial score (nSPS) is 13.0. The smallest absolute Gasteiger partial charge is 0.123 e. The lowest BCUT2D eigenvalue weighted by molar-refractivity contribution is 0.395. The van der Waals surface area contributed by atoms with Gasteiger partial charge in [-0.3, -0.25) is 0 Å². The number of hydrogen-bond donors (Lipinski definition) is 1. The van der Waals surface area contributed by atoms with E-state index in [1.54, 1.807) is 25.6 Å². The molecule has 0 amide bonds. The molecule has 4 nitrogen and oxygen atoms in total. The van der Waals surface area contributed by atoms with E-state index in [1.807, 2.05) is 18.2 Å². The number of hydrogen-bond acceptors (Lipinski definition) is 5. The fourth-order valence-corrected chi connectivity index (χ4v) is 3.26. The third-order valence-corrected chi connectivity index (χ3v) is 4.42. The van der Waals surface area contributed by atoms with E-state index in [2.05, 4.69) is 26.2 Å². The molecule has 120 valence electrons. The second-order valence-corrected chi connectivity index (χ2v) is 7.24. The van der Waals surface area contributed by atoms with Crippen molar-refractivity contribution in [3.05, 3.63) is 39.8 Å². The molecular weight excluding hydrogens is 296 g/mol. The molecular formula is C17H24N2O2S. The topological polar surface area (TPSA) is 57.4 Å². The van der Waals surface area contributed by atoms with Crippen molar-refractivity contribution in [2.24, 2.45) is 5.73 Å². The first-order chi connectivity index (χ1) is 10.3. The minimum atomic E-state index is -0.177. The Hall–Kier alpha value is -1.59. The summed E-state index contributed by atoms with van der Waals surface area (Å²) in [7, 11) is 3.30. The van der Waals surface area contributed by atoms with Crippen molar-refractivity contribution in [1.29, 1.82) is 0 Å². The molecule has 0 aliphatic heterocycles. The molecule has 0 saturated carbocycles. The quantitative estimate of drug-likeness (QED) is 0.912. The lowest BCUT2D eigenvalue weighted by atomic mass is 9.93. The number of ether oxygens (including phenoxy) is 2. The van der Waals surface area contributed by atoms with Gasteiger partial charge in [-0.15, -0.1) is 11.3 Å². The average Bonchev–Trinajstić information content (AvgIpc) is 2.95. The maximum Gasteiger partial charge on any atom is 0.123 e. The summed E-state index contributed by atoms with van der Waals surface area (Å²) in [6.07, 6.45) is 0.685. The zero-order valence-electron chi connectivity index (χ0n) is 13.8. The molecule has 0 aliphatic carbocycles. The van der Waals surface area contributed by atoms with Gasteiger partial charge in [-0.2, -0.15) is 0 Å². The second kappa shape index (κ2) is 6.67. The molecule has 2 rings (SSSR count). The second-order valence-electron chi connectivity index (χ2n) is 6.29. The van der Waals surface area contributed by atoms with Gasteiger partial charge in [0.15, 0.2) is 0 Å². The SMILES string of the molecule is COc1ccc(OC)c(C(N)Cc2nc(C(C)(C)C)cs2)c1. The molecule has 2 aromatic rings. The number of nitrogens with two attached hydrogens (primary N) is 1. The van der Waals surface area contributed by atoms with Crippen molar-refractivity contribution < 1.29 is 9.47 Å². The van der Waals surface area contributed by atoms with E-state index < -0.39 is 0 Å². The summed E-state index contributed by atoms with van der Waals surface area (Å²) in [5.41, 5.74) is 8.49. The van der Waals surface area contributed by atoms with Crippen LogP contribution in [0.15, 0.2) is 23.6 Å². The highest BCUT2D eigenvalue weighted by molar-refractivity contribution is 7.09. The Morgan fingerprint density at radius 1 is 1.23 bits per heavy atom. The maximum atomic E-state index is 6.38. The number of benzene rings is 1. The Bertz CT molecular complexity index is 632. The molecule has 5 heteroatoms. The predicted molar refractivity (Wildman–Crippen MR) is 91.0 cm³/mol. The maximum absolute atomic E-state index is 6.38. The highest BCUT2D eigenvalue weighted by Crippen LogP contribution is 2.31. The summed E-state index contributed by atoms with van der Waals surface area (Å²) in [4.78, 5) is 4.71. The van der Waals surface area contributed by atoms with E-state index in [0.29, 0.717) is 6.42 Å². The number of methoxy groups -OCH3 is 2. The van der Waals surface area contributed by atoms with Crippen LogP contribution in [0, 0.1) is 0 Å². The van der Waals surface area contributed by atoms with Crippen LogP contribution in [0.2, 0.25) is 0 Å². The molecule has 0 saturated heterocycles. The van der Waals surface area contributed by atoms with Crippen LogP contribution in [0.5, 0.6) is 11.5 Å². The van der Waals surface area contributed by atoms with Crippen molar-refractivity contribution in [3.8, 4) is 11.5 Å². The summed E-state index contributed by atoms with van der Waals surface area (Å²) in [6, 6.07) is 5.51. The van der Waals surface area contributed by atoms with Crippen LogP contribution >= 0.6 is 11.3 Å². The largest absolute Gasteiger partial charge is 0.497 e. The molecule has 1 aromatic carbocycles. The van der Waals surface area contributed by atoms with Crippen molar-refractivity contribution in [1.82, 2.24) is 4.98 Å². The Kier molecular flexibility index (Phi) is 5.08. The molecule has 1 unspecified atom stereocenters. The van der Waals surface area contributed by atoms with E-state index in [-0.39, 0.29) is 11.5 Å². The van der Waals surface area contributed by atoms with Gasteiger partial charge >= 0.3 is 0 Å². The van der Waals surface area contributed by atoms with Gasteiger partial charge in [0.1, 0.15) is 11.5 Å². The van der Waals surface area contributed by atoms with Crippen LogP contribution in [-0.4, -0.2) is 19.2 Å². The van der Waals surface area contributed by atoms with Crippen molar-refractivity contribution in [2.45, 2.75) is 38.6 Å². The highest BCUT2D eigenvalue weighted by Gasteiger charge is 2.20. The van der Waals surface area contributed by atoms with E-state index in [0.717, 1.165) is 27.8 Å². The van der Waals surface area contributed by atoms with E-state index in [4.69, 9.17) is 20.2 Å². The molecule has 1 atom stereocenters. The Morgan fingerprint density at radius 2 is 1.95 bits per heavy atom. The van der Waals surface area contributed by atoms with Gasteiger partial charge in [-0.05, 0) is 18.2 Å². The number of nitrogens with zero attached hydrogens (tertiary/aromatic N) is 1. The lowest BCUT2D eigenvalue weighted by Gasteiger charge is -2.16. The van der Waals surface area contributed by atoms with Gasteiger partial charge in [0, 0.05) is 28.8 Å². The minimum Gasteiger partial charge on any atom is -0.497 e. The van der Waals surface area contributed by atoms with E-state index in [9.17, 15) is 0 Å². The van der Waals surface area contributed by atoms with Crippen LogP contribution in [0.25, 0.3) is 0 Å². The predicted octanol–water partition coefficient (Wildman–Crippen LogP) is 3.70. The lowest BCUT2D eigenvalue weighted by Crippen LogP contribution is -2.15. The molecule has 2 N–H and O–H groups in total. The van der Waals surface area contributed by atoms with Crippen molar-refractivity contribution >= 4 is 11.3 Å². The average molecular weight is 320 g/mol. The Balaban J connectivity index is 2.21. The number of thiazole rings is 1. The van der Waals surface area contributed by atoms with Gasteiger partial charge in [-0.1, -0.05) is 20.8 Å². The summed E-state index contributed by atoms with van der Waals surface area (Å²) >= 11 is 1.66. The van der Waals surface area contributed by atoms with Crippen molar-refractivity contribution in [3.63, 3.8) is 0 Å². The third-order valence-electron chi connectivity index (χ3n) is 3.55. The fraction of sp³-hybridized carbons (Fsp3) is 0.471. The van der Waals surface area contributed by atoms with Crippen molar-refractivity contribution in [2.75, 3.05) is 14.2 Å². The summed E-state index contributed by atoms with van der Waals surface area (Å²) in [6.45, 7) is 6.49. The molecule has 0 fully saturated rings. The molecule has 1 heterocycles. The molecule has 1 aromatic heterocycles. The summed E-state index contributed by atoms with van der Waals surface area (Å²) < 4.78 is 10.7. The van der Waals surface area contributed by atoms with Crippen LogP contribution < -0.4 is 15.2 Å². The van der Waals surface area contributed by atoms with E-state index >= 15 is 0 Å². The van der Waals surface area contributed by atoms with Gasteiger partial charge in [0.2, 0.25) is 0 Å². The van der Waals surface area contributed by atoms with Gasteiger partial charge < -0.3 is 15.2 Å². The van der Waals surface area contributed by atoms with Crippen LogP contribution in [-0.2, 0) is 11.8 Å². The van der Waals surface area contributed by atoms with Crippen LogP contribution in [0.4, 0.5) is 0 Å². The molecule has 22 heavy (non-hydrogen) atoms. The Labute approximate surface area is 136 Å². The van der Waals surface area contributed by atoms with Gasteiger partial charge in [0.05, 0.1) is 24.9 Å². The molecule has 0 radical (unpaired) electrons. The summed E-state index contributed by atoms with van der Waals surface area (Å²) in [5.74, 6) is 1.56.